The van der Waals surface area contributed by atoms with E-state index in [9.17, 15) is 40.7 Å². The number of carbonyl (C=O) groups is 1. The first-order valence-electron chi connectivity index (χ1n) is 11.8. The second-order valence-electron chi connectivity index (χ2n) is 10.5. The lowest BCUT2D eigenvalue weighted by atomic mass is 9.80. The third kappa shape index (κ3) is 6.35. The van der Waals surface area contributed by atoms with E-state index in [1.165, 1.54) is 16.7 Å². The molecule has 0 aliphatic heterocycles. The van der Waals surface area contributed by atoms with Crippen LogP contribution in [0.3, 0.4) is 0 Å². The van der Waals surface area contributed by atoms with Crippen molar-refractivity contribution in [3.63, 3.8) is 0 Å². The van der Waals surface area contributed by atoms with Gasteiger partial charge in [0, 0.05) is 22.9 Å². The molecule has 1 unspecified atom stereocenters. The summed E-state index contributed by atoms with van der Waals surface area (Å²) in [6.45, 7) is 8.93. The molecule has 0 saturated heterocycles. The number of pyridine rings is 1. The number of carboxylic acid groups (broad SMARTS) is 1. The van der Waals surface area contributed by atoms with Crippen molar-refractivity contribution in [3.8, 4) is 16.9 Å². The van der Waals surface area contributed by atoms with Crippen LogP contribution >= 0.6 is 0 Å². The van der Waals surface area contributed by atoms with Gasteiger partial charge >= 0.3 is 21.7 Å². The van der Waals surface area contributed by atoms with Crippen LogP contribution in [-0.2, 0) is 16.7 Å². The van der Waals surface area contributed by atoms with E-state index in [1.54, 1.807) is 20.8 Å². The average molecular weight is 573 g/mol. The van der Waals surface area contributed by atoms with Crippen LogP contribution in [0.25, 0.3) is 21.9 Å². The summed E-state index contributed by atoms with van der Waals surface area (Å²) in [6, 6.07) is 7.09. The first-order chi connectivity index (χ1) is 17.8. The molecule has 2 N–H and O–H groups in total. The molecule has 0 aliphatic carbocycles. The fourth-order valence-corrected chi connectivity index (χ4v) is 4.73. The number of fused-ring (bicyclic) bond motifs is 1. The monoisotopic (exact) mass is 572 g/mol. The molecule has 1 amide bonds. The van der Waals surface area contributed by atoms with Gasteiger partial charge in [-0.3, -0.25) is 4.79 Å². The van der Waals surface area contributed by atoms with E-state index in [2.05, 4.69) is 9.50 Å². The number of nitrogens with zero attached hydrogens (tertiary/aromatic N) is 1. The highest BCUT2D eigenvalue weighted by Crippen LogP contribution is 2.42. The number of nitrogens with one attached hydrogen (secondary N) is 1. The molecular formula is C26H28F4N2O6S. The van der Waals surface area contributed by atoms with Gasteiger partial charge in [0.1, 0.15) is 11.6 Å². The Morgan fingerprint density at radius 3 is 2.23 bits per heavy atom. The number of amides is 1. The van der Waals surface area contributed by atoms with Gasteiger partial charge in [0.05, 0.1) is 11.7 Å². The van der Waals surface area contributed by atoms with Gasteiger partial charge in [0.2, 0.25) is 0 Å². The zero-order valence-electron chi connectivity index (χ0n) is 21.8. The van der Waals surface area contributed by atoms with Crippen molar-refractivity contribution in [2.45, 2.75) is 52.7 Å². The van der Waals surface area contributed by atoms with E-state index in [1.807, 2.05) is 13.8 Å². The summed E-state index contributed by atoms with van der Waals surface area (Å²) in [4.78, 5) is 25.6. The first-order valence-corrected chi connectivity index (χ1v) is 13.2. The highest BCUT2D eigenvalue weighted by molar-refractivity contribution is 7.88. The van der Waals surface area contributed by atoms with Crippen molar-refractivity contribution in [2.75, 3.05) is 0 Å². The quantitative estimate of drug-likeness (QED) is 0.203. The van der Waals surface area contributed by atoms with Crippen LogP contribution in [-0.4, -0.2) is 29.7 Å². The number of rotatable bonds is 7. The van der Waals surface area contributed by atoms with E-state index in [4.69, 9.17) is 0 Å². The standard InChI is InChI=1S/C26H28F4N2O6S/c1-14(2)13-32-21(22(25(3,4)5)31-24(34)35)20(15-7-6-8-16(27)11-15)19-12-17(9-10-18(19)23(32)33)38-39(36,37)26(28,29)30/h6-12,14,22,31H,13H2,1-5H3,(H,34,35). The lowest BCUT2D eigenvalue weighted by molar-refractivity contribution is -0.0500. The lowest BCUT2D eigenvalue weighted by Crippen LogP contribution is -2.40. The zero-order valence-corrected chi connectivity index (χ0v) is 22.6. The van der Waals surface area contributed by atoms with Crippen molar-refractivity contribution in [1.29, 1.82) is 0 Å². The molecule has 1 aromatic heterocycles. The number of aromatic nitrogens is 1. The minimum Gasteiger partial charge on any atom is -0.465 e. The Balaban J connectivity index is 2.57. The minimum absolute atomic E-state index is 0.0154. The largest absolute Gasteiger partial charge is 0.534 e. The van der Waals surface area contributed by atoms with E-state index in [0.29, 0.717) is 0 Å². The number of benzene rings is 2. The third-order valence-electron chi connectivity index (χ3n) is 5.84. The highest BCUT2D eigenvalue weighted by atomic mass is 32.2. The Kier molecular flexibility index (Phi) is 8.07. The van der Waals surface area contributed by atoms with Gasteiger partial charge in [-0.1, -0.05) is 46.8 Å². The number of halogens is 4. The molecule has 0 fully saturated rings. The molecule has 0 spiro atoms. The van der Waals surface area contributed by atoms with Crippen LogP contribution in [0, 0.1) is 17.2 Å². The van der Waals surface area contributed by atoms with Crippen LogP contribution in [0.15, 0.2) is 47.3 Å². The molecule has 0 radical (unpaired) electrons. The SMILES string of the molecule is CC(C)Cn1c(C(NC(=O)O)C(C)(C)C)c(-c2cccc(F)c2)c2cc(OS(=O)(=O)C(F)(F)F)ccc2c1=O. The summed E-state index contributed by atoms with van der Waals surface area (Å²) in [5, 5.41) is 12.0. The van der Waals surface area contributed by atoms with Gasteiger partial charge in [-0.2, -0.15) is 21.6 Å². The molecule has 212 valence electrons. The molecule has 39 heavy (non-hydrogen) atoms. The van der Waals surface area contributed by atoms with Gasteiger partial charge < -0.3 is 19.2 Å². The highest BCUT2D eigenvalue weighted by Gasteiger charge is 2.48. The van der Waals surface area contributed by atoms with Crippen LogP contribution in [0.4, 0.5) is 22.4 Å². The summed E-state index contributed by atoms with van der Waals surface area (Å²) >= 11 is 0. The van der Waals surface area contributed by atoms with Gasteiger partial charge in [0.15, 0.2) is 0 Å². The summed E-state index contributed by atoms with van der Waals surface area (Å²) < 4.78 is 82.5. The molecule has 3 rings (SSSR count). The van der Waals surface area contributed by atoms with Crippen LogP contribution in [0.1, 0.15) is 46.4 Å². The Hall–Kier alpha value is -3.61. The average Bonchev–Trinajstić information content (AvgIpc) is 2.77. The van der Waals surface area contributed by atoms with Gasteiger partial charge in [-0.05, 0) is 47.2 Å². The van der Waals surface area contributed by atoms with Gasteiger partial charge in [0.25, 0.3) is 5.56 Å². The molecular weight excluding hydrogens is 544 g/mol. The van der Waals surface area contributed by atoms with Crippen molar-refractivity contribution in [3.05, 3.63) is 64.3 Å². The minimum atomic E-state index is -6.04. The van der Waals surface area contributed by atoms with Crippen molar-refractivity contribution in [1.82, 2.24) is 9.88 Å². The summed E-state index contributed by atoms with van der Waals surface area (Å²) in [5.41, 5.74) is -6.70. The van der Waals surface area contributed by atoms with E-state index in [0.717, 1.165) is 30.3 Å². The van der Waals surface area contributed by atoms with E-state index >= 15 is 0 Å². The van der Waals surface area contributed by atoms with E-state index < -0.39 is 50.3 Å². The Morgan fingerprint density at radius 1 is 1.08 bits per heavy atom. The Bertz CT molecular complexity index is 1570. The fourth-order valence-electron chi connectivity index (χ4n) is 4.28. The number of hydrogen-bond acceptors (Lipinski definition) is 5. The number of hydrogen-bond donors (Lipinski definition) is 2. The molecule has 0 aliphatic rings. The predicted molar refractivity (Wildman–Crippen MR) is 137 cm³/mol. The predicted octanol–water partition coefficient (Wildman–Crippen LogP) is 6.05. The third-order valence-corrected chi connectivity index (χ3v) is 6.82. The van der Waals surface area contributed by atoms with Crippen molar-refractivity contribution in [2.24, 2.45) is 11.3 Å². The first kappa shape index (κ1) is 29.9. The molecule has 2 aromatic carbocycles. The molecule has 1 heterocycles. The maximum Gasteiger partial charge on any atom is 0.534 e. The second-order valence-corrected chi connectivity index (χ2v) is 12.1. The molecule has 8 nitrogen and oxygen atoms in total. The summed E-state index contributed by atoms with van der Waals surface area (Å²) in [6.07, 6.45) is -1.41. The Labute approximate surface area is 222 Å². The molecule has 1 atom stereocenters. The lowest BCUT2D eigenvalue weighted by Gasteiger charge is -2.35. The van der Waals surface area contributed by atoms with E-state index in [-0.39, 0.29) is 40.1 Å². The maximum absolute atomic E-state index is 14.4. The van der Waals surface area contributed by atoms with Crippen LogP contribution in [0.5, 0.6) is 5.75 Å². The molecule has 0 bridgehead atoms. The summed E-state index contributed by atoms with van der Waals surface area (Å²) in [5.74, 6) is -1.51. The maximum atomic E-state index is 14.4. The van der Waals surface area contributed by atoms with Gasteiger partial charge in [-0.15, -0.1) is 0 Å². The normalized spacial score (nSPS) is 13.5. The smallest absolute Gasteiger partial charge is 0.465 e. The Morgan fingerprint density at radius 2 is 1.72 bits per heavy atom. The molecule has 0 saturated carbocycles. The van der Waals surface area contributed by atoms with Crippen LogP contribution < -0.4 is 15.1 Å². The molecule has 3 aromatic rings. The fraction of sp³-hybridized carbons (Fsp3) is 0.385. The summed E-state index contributed by atoms with van der Waals surface area (Å²) in [7, 11) is -6.04. The second kappa shape index (κ2) is 10.5. The number of alkyl halides is 3. The van der Waals surface area contributed by atoms with Crippen molar-refractivity contribution < 1.29 is 40.1 Å². The topological polar surface area (TPSA) is 115 Å². The zero-order chi connectivity index (χ0) is 29.5. The molecule has 13 heteroatoms. The van der Waals surface area contributed by atoms with Gasteiger partial charge in [-0.25, -0.2) is 9.18 Å². The van der Waals surface area contributed by atoms with Crippen LogP contribution in [0.2, 0.25) is 0 Å². The van der Waals surface area contributed by atoms with Crippen molar-refractivity contribution >= 4 is 27.0 Å².